The zero-order valence-corrected chi connectivity index (χ0v) is 9.91. The molecule has 1 heterocycles. The molecule has 6 nitrogen and oxygen atoms in total. The SMILES string of the molecule is CC(=O)/C(=C\c1cc(C)sc1[N+](=O)[O-])C(=O)O. The molecule has 0 aliphatic carbocycles. The Morgan fingerprint density at radius 2 is 2.12 bits per heavy atom. The number of carbonyl (C=O) groups excluding carboxylic acids is 1. The number of aliphatic carboxylic acids is 1. The molecule has 0 fully saturated rings. The summed E-state index contributed by atoms with van der Waals surface area (Å²) in [6, 6.07) is 1.48. The second-order valence-electron chi connectivity index (χ2n) is 3.29. The molecular weight excluding hydrogens is 246 g/mol. The van der Waals surface area contributed by atoms with Crippen LogP contribution in [0.15, 0.2) is 11.6 Å². The van der Waals surface area contributed by atoms with Gasteiger partial charge in [-0.25, -0.2) is 4.79 Å². The third-order valence-corrected chi connectivity index (χ3v) is 2.96. The monoisotopic (exact) mass is 255 g/mol. The zero-order chi connectivity index (χ0) is 13.2. The quantitative estimate of drug-likeness (QED) is 0.292. The predicted molar refractivity (Wildman–Crippen MR) is 62.0 cm³/mol. The van der Waals surface area contributed by atoms with Crippen molar-refractivity contribution < 1.29 is 19.6 Å². The highest BCUT2D eigenvalue weighted by Gasteiger charge is 2.20. The number of aryl methyl sites for hydroxylation is 1. The van der Waals surface area contributed by atoms with Crippen molar-refractivity contribution in [2.24, 2.45) is 0 Å². The van der Waals surface area contributed by atoms with Crippen LogP contribution in [0.25, 0.3) is 6.08 Å². The summed E-state index contributed by atoms with van der Waals surface area (Å²) in [6.45, 7) is 2.77. The second kappa shape index (κ2) is 4.88. The Morgan fingerprint density at radius 1 is 1.53 bits per heavy atom. The third kappa shape index (κ3) is 2.97. The number of ketones is 1. The Morgan fingerprint density at radius 3 is 2.53 bits per heavy atom. The van der Waals surface area contributed by atoms with Crippen molar-refractivity contribution in [3.63, 3.8) is 0 Å². The maximum Gasteiger partial charge on any atom is 0.339 e. The van der Waals surface area contributed by atoms with E-state index in [1.807, 2.05) is 0 Å². The van der Waals surface area contributed by atoms with Gasteiger partial charge in [0, 0.05) is 4.88 Å². The minimum Gasteiger partial charge on any atom is -0.478 e. The molecule has 1 N–H and O–H groups in total. The largest absolute Gasteiger partial charge is 0.478 e. The first kappa shape index (κ1) is 13.0. The number of nitro groups is 1. The Hall–Kier alpha value is -2.02. The molecule has 0 radical (unpaired) electrons. The van der Waals surface area contributed by atoms with E-state index in [9.17, 15) is 19.7 Å². The molecule has 0 bridgehead atoms. The van der Waals surface area contributed by atoms with Gasteiger partial charge in [-0.15, -0.1) is 0 Å². The summed E-state index contributed by atoms with van der Waals surface area (Å²) in [5.74, 6) is -2.04. The van der Waals surface area contributed by atoms with Crippen molar-refractivity contribution in [2.75, 3.05) is 0 Å². The topological polar surface area (TPSA) is 97.5 Å². The first-order valence-corrected chi connectivity index (χ1v) is 5.35. The Bertz CT molecular complexity index is 513. The second-order valence-corrected chi connectivity index (χ2v) is 4.53. The molecule has 0 atom stereocenters. The molecule has 0 amide bonds. The van der Waals surface area contributed by atoms with E-state index in [-0.39, 0.29) is 10.6 Å². The van der Waals surface area contributed by atoms with E-state index >= 15 is 0 Å². The smallest absolute Gasteiger partial charge is 0.339 e. The van der Waals surface area contributed by atoms with Crippen molar-refractivity contribution in [1.82, 2.24) is 0 Å². The number of Topliss-reactive ketones (excluding diaryl/α,β-unsaturated/α-hetero) is 1. The summed E-state index contributed by atoms with van der Waals surface area (Å²) in [7, 11) is 0. The van der Waals surface area contributed by atoms with Crippen molar-refractivity contribution in [3.05, 3.63) is 32.2 Å². The van der Waals surface area contributed by atoms with Crippen LogP contribution in [-0.4, -0.2) is 21.8 Å². The van der Waals surface area contributed by atoms with Gasteiger partial charge >= 0.3 is 11.0 Å². The van der Waals surface area contributed by atoms with E-state index in [0.29, 0.717) is 4.88 Å². The van der Waals surface area contributed by atoms with Gasteiger partial charge in [-0.05, 0) is 26.0 Å². The summed E-state index contributed by atoms with van der Waals surface area (Å²) in [4.78, 5) is 32.6. The number of rotatable bonds is 4. The molecule has 0 aliphatic rings. The number of thiophene rings is 1. The van der Waals surface area contributed by atoms with E-state index in [2.05, 4.69) is 0 Å². The fourth-order valence-electron chi connectivity index (χ4n) is 1.24. The molecule has 7 heteroatoms. The summed E-state index contributed by atoms with van der Waals surface area (Å²) in [6.07, 6.45) is 1.03. The lowest BCUT2D eigenvalue weighted by molar-refractivity contribution is -0.380. The molecule has 0 saturated heterocycles. The van der Waals surface area contributed by atoms with Crippen LogP contribution in [0, 0.1) is 17.0 Å². The first-order valence-electron chi connectivity index (χ1n) is 4.53. The minimum atomic E-state index is -1.39. The van der Waals surface area contributed by atoms with Gasteiger partial charge in [0.25, 0.3) is 0 Å². The normalized spacial score (nSPS) is 11.3. The molecule has 0 unspecified atom stereocenters. The van der Waals surface area contributed by atoms with Crippen molar-refractivity contribution in [3.8, 4) is 0 Å². The van der Waals surface area contributed by atoms with E-state index in [0.717, 1.165) is 24.3 Å². The van der Waals surface area contributed by atoms with Gasteiger partial charge in [0.05, 0.1) is 10.5 Å². The number of carboxylic acids is 1. The molecular formula is C10H9NO5S. The van der Waals surface area contributed by atoms with Crippen molar-refractivity contribution in [1.29, 1.82) is 0 Å². The lowest BCUT2D eigenvalue weighted by Crippen LogP contribution is -2.08. The van der Waals surface area contributed by atoms with Crippen LogP contribution in [0.2, 0.25) is 0 Å². The number of carboxylic acid groups (broad SMARTS) is 1. The van der Waals surface area contributed by atoms with Gasteiger partial charge < -0.3 is 5.11 Å². The average Bonchev–Trinajstić information content (AvgIpc) is 2.55. The number of nitrogens with zero attached hydrogens (tertiary/aromatic N) is 1. The highest BCUT2D eigenvalue weighted by atomic mass is 32.1. The van der Waals surface area contributed by atoms with Gasteiger partial charge in [0.2, 0.25) is 0 Å². The molecule has 90 valence electrons. The summed E-state index contributed by atoms with van der Waals surface area (Å²) in [5.41, 5.74) is -0.323. The van der Waals surface area contributed by atoms with E-state index in [1.165, 1.54) is 6.07 Å². The fraction of sp³-hybridized carbons (Fsp3) is 0.200. The molecule has 0 aliphatic heterocycles. The van der Waals surface area contributed by atoms with E-state index in [4.69, 9.17) is 5.11 Å². The molecule has 1 aromatic heterocycles. The van der Waals surface area contributed by atoms with Crippen LogP contribution in [0.3, 0.4) is 0 Å². The summed E-state index contributed by atoms with van der Waals surface area (Å²) < 4.78 is 0. The minimum absolute atomic E-state index is 0.144. The summed E-state index contributed by atoms with van der Waals surface area (Å²) >= 11 is 0.940. The van der Waals surface area contributed by atoms with Gasteiger partial charge in [0.15, 0.2) is 5.78 Å². The lowest BCUT2D eigenvalue weighted by atomic mass is 10.1. The first-order chi connectivity index (χ1) is 7.82. The van der Waals surface area contributed by atoms with Gasteiger partial charge in [-0.1, -0.05) is 11.3 Å². The van der Waals surface area contributed by atoms with Crippen LogP contribution in [0.5, 0.6) is 0 Å². The van der Waals surface area contributed by atoms with Gasteiger partial charge in [-0.2, -0.15) is 0 Å². The van der Waals surface area contributed by atoms with Crippen LogP contribution < -0.4 is 0 Å². The maximum absolute atomic E-state index is 11.1. The third-order valence-electron chi connectivity index (χ3n) is 1.94. The Balaban J connectivity index is 3.33. The molecule has 1 rings (SSSR count). The molecule has 0 aromatic carbocycles. The highest BCUT2D eigenvalue weighted by molar-refractivity contribution is 7.15. The van der Waals surface area contributed by atoms with E-state index < -0.39 is 22.2 Å². The fourth-order valence-corrected chi connectivity index (χ4v) is 2.04. The van der Waals surface area contributed by atoms with Crippen LogP contribution in [0.4, 0.5) is 5.00 Å². The van der Waals surface area contributed by atoms with Crippen LogP contribution >= 0.6 is 11.3 Å². The summed E-state index contributed by atoms with van der Waals surface area (Å²) in [5, 5.41) is 19.3. The Labute approximate surface area is 100 Å². The molecule has 0 saturated carbocycles. The van der Waals surface area contributed by atoms with Gasteiger partial charge in [0.1, 0.15) is 5.57 Å². The van der Waals surface area contributed by atoms with Crippen LogP contribution in [0.1, 0.15) is 17.4 Å². The number of hydrogen-bond acceptors (Lipinski definition) is 5. The molecule has 17 heavy (non-hydrogen) atoms. The molecule has 1 aromatic rings. The van der Waals surface area contributed by atoms with Crippen molar-refractivity contribution >= 4 is 34.2 Å². The maximum atomic E-state index is 11.1. The lowest BCUT2D eigenvalue weighted by Gasteiger charge is -1.95. The average molecular weight is 255 g/mol. The van der Waals surface area contributed by atoms with E-state index in [1.54, 1.807) is 6.92 Å². The number of hydrogen-bond donors (Lipinski definition) is 1. The standard InChI is InChI=1S/C10H9NO5S/c1-5-3-7(9(17-5)11(15)16)4-8(6(2)12)10(13)14/h3-4H,1-2H3,(H,13,14)/b8-4+. The number of carbonyl (C=O) groups is 2. The van der Waals surface area contributed by atoms with Gasteiger partial charge in [-0.3, -0.25) is 14.9 Å². The highest BCUT2D eigenvalue weighted by Crippen LogP contribution is 2.31. The zero-order valence-electron chi connectivity index (χ0n) is 9.09. The Kier molecular flexibility index (Phi) is 3.74. The van der Waals surface area contributed by atoms with Crippen LogP contribution in [-0.2, 0) is 9.59 Å². The molecule has 0 spiro atoms. The predicted octanol–water partition coefficient (Wildman–Crippen LogP) is 2.02. The van der Waals surface area contributed by atoms with Crippen molar-refractivity contribution in [2.45, 2.75) is 13.8 Å².